The highest BCUT2D eigenvalue weighted by atomic mass is 32.1. The lowest BCUT2D eigenvalue weighted by Gasteiger charge is -2.15. The molecule has 0 saturated heterocycles. The molecule has 3 rings (SSSR count). The Hall–Kier alpha value is -2.41. The van der Waals surface area contributed by atoms with E-state index < -0.39 is 17.9 Å². The minimum atomic E-state index is -1.12. The minimum absolute atomic E-state index is 0.396. The third kappa shape index (κ3) is 3.88. The van der Waals surface area contributed by atoms with Crippen LogP contribution >= 0.6 is 11.3 Å². The summed E-state index contributed by atoms with van der Waals surface area (Å²) in [5.41, 5.74) is 1.15. The average molecular weight is 374 g/mol. The number of aliphatic carboxylic acids is 1. The van der Waals surface area contributed by atoms with E-state index in [1.54, 1.807) is 38.3 Å². The Morgan fingerprint density at radius 1 is 1.27 bits per heavy atom. The van der Waals surface area contributed by atoms with Gasteiger partial charge in [0.25, 0.3) is 5.91 Å². The Morgan fingerprint density at radius 2 is 1.92 bits per heavy atom. The fourth-order valence-corrected chi connectivity index (χ4v) is 4.40. The van der Waals surface area contributed by atoms with Gasteiger partial charge in [0.05, 0.1) is 17.8 Å². The summed E-state index contributed by atoms with van der Waals surface area (Å²) in [5, 5.41) is 13.1. The Balaban J connectivity index is 1.78. The van der Waals surface area contributed by atoms with E-state index in [4.69, 9.17) is 4.74 Å². The summed E-state index contributed by atoms with van der Waals surface area (Å²) in [6.45, 7) is 1.80. The highest BCUT2D eigenvalue weighted by Crippen LogP contribution is 2.37. The predicted molar refractivity (Wildman–Crippen MR) is 98.9 cm³/mol. The van der Waals surface area contributed by atoms with Crippen molar-refractivity contribution in [2.75, 3.05) is 7.11 Å². The van der Waals surface area contributed by atoms with Gasteiger partial charge in [0.1, 0.15) is 10.6 Å². The Morgan fingerprint density at radius 3 is 2.50 bits per heavy atom. The molecule has 1 aliphatic carbocycles. The number of hydrogen-bond acceptors (Lipinski definition) is 5. The molecule has 2 N–H and O–H groups in total. The molecule has 0 aliphatic heterocycles. The molecule has 2 aromatic rings. The molecule has 1 unspecified atom stereocenters. The topological polar surface area (TPSA) is 88.5 Å². The lowest BCUT2D eigenvalue weighted by Crippen LogP contribution is -2.33. The first kappa shape index (κ1) is 18.4. The van der Waals surface area contributed by atoms with Crippen LogP contribution in [0, 0.1) is 6.92 Å². The molecule has 0 bridgehead atoms. The first-order valence-corrected chi connectivity index (χ1v) is 9.46. The lowest BCUT2D eigenvalue weighted by molar-refractivity contribution is -0.139. The molecular formula is C19H22N2O4S. The van der Waals surface area contributed by atoms with Gasteiger partial charge in [0, 0.05) is 5.92 Å². The molecule has 1 atom stereocenters. The number of hydrogen-bond donors (Lipinski definition) is 2. The summed E-state index contributed by atoms with van der Waals surface area (Å²) in [7, 11) is 1.54. The highest BCUT2D eigenvalue weighted by Gasteiger charge is 2.27. The van der Waals surface area contributed by atoms with Gasteiger partial charge in [-0.25, -0.2) is 9.78 Å². The van der Waals surface area contributed by atoms with E-state index >= 15 is 0 Å². The molecule has 138 valence electrons. The lowest BCUT2D eigenvalue weighted by atomic mass is 10.1. The molecule has 1 fully saturated rings. The number of rotatable bonds is 6. The van der Waals surface area contributed by atoms with Gasteiger partial charge >= 0.3 is 5.97 Å². The summed E-state index contributed by atoms with van der Waals surface area (Å²) in [5.74, 6) is -0.449. The van der Waals surface area contributed by atoms with Gasteiger partial charge in [-0.3, -0.25) is 4.79 Å². The van der Waals surface area contributed by atoms with Crippen molar-refractivity contribution < 1.29 is 19.4 Å². The number of nitrogens with one attached hydrogen (secondary N) is 1. The number of thiazole rings is 1. The molecule has 6 nitrogen and oxygen atoms in total. The standard InChI is InChI=1S/C19H22N2O4S/c1-11-16(26-18(20-11)13-5-3-4-6-13)17(22)21-15(19(23)24)12-7-9-14(25-2)10-8-12/h7-10,13,15H,3-6H2,1-2H3,(H,21,22)(H,23,24). The van der Waals surface area contributed by atoms with Crippen molar-refractivity contribution in [3.63, 3.8) is 0 Å². The van der Waals surface area contributed by atoms with E-state index in [0.717, 1.165) is 17.8 Å². The van der Waals surface area contributed by atoms with Crippen LogP contribution < -0.4 is 10.1 Å². The normalized spacial score (nSPS) is 15.6. The zero-order chi connectivity index (χ0) is 18.7. The summed E-state index contributed by atoms with van der Waals surface area (Å²) < 4.78 is 5.09. The van der Waals surface area contributed by atoms with Crippen LogP contribution in [0.25, 0.3) is 0 Å². The third-order valence-electron chi connectivity index (χ3n) is 4.70. The predicted octanol–water partition coefficient (Wildman–Crippen LogP) is 3.67. The van der Waals surface area contributed by atoms with E-state index in [2.05, 4.69) is 10.3 Å². The summed E-state index contributed by atoms with van der Waals surface area (Å²) in [6.07, 6.45) is 4.61. The van der Waals surface area contributed by atoms with E-state index in [1.165, 1.54) is 24.2 Å². The van der Waals surface area contributed by atoms with Gasteiger partial charge in [-0.05, 0) is 37.5 Å². The van der Waals surface area contributed by atoms with Crippen molar-refractivity contribution in [2.24, 2.45) is 0 Å². The highest BCUT2D eigenvalue weighted by molar-refractivity contribution is 7.13. The van der Waals surface area contributed by atoms with Gasteiger partial charge in [0.2, 0.25) is 0 Å². The molecule has 1 aromatic carbocycles. The molecule has 1 amide bonds. The molecular weight excluding hydrogens is 352 g/mol. The number of aromatic nitrogens is 1. The van der Waals surface area contributed by atoms with Gasteiger partial charge in [-0.15, -0.1) is 11.3 Å². The van der Waals surface area contributed by atoms with Crippen molar-refractivity contribution in [1.82, 2.24) is 10.3 Å². The Labute approximate surface area is 156 Å². The van der Waals surface area contributed by atoms with Gasteiger partial charge in [-0.2, -0.15) is 0 Å². The van der Waals surface area contributed by atoms with Crippen LogP contribution in [0.4, 0.5) is 0 Å². The van der Waals surface area contributed by atoms with Gasteiger partial charge in [-0.1, -0.05) is 25.0 Å². The summed E-state index contributed by atoms with van der Waals surface area (Å²) in [6, 6.07) is 5.51. The van der Waals surface area contributed by atoms with Crippen LogP contribution in [0.1, 0.15) is 63.6 Å². The SMILES string of the molecule is COc1ccc(C(NC(=O)c2sc(C3CCCC3)nc2C)C(=O)O)cc1. The second kappa shape index (κ2) is 7.86. The van der Waals surface area contributed by atoms with Crippen LogP contribution in [-0.2, 0) is 4.79 Å². The first-order valence-electron chi connectivity index (χ1n) is 8.64. The number of ether oxygens (including phenoxy) is 1. The average Bonchev–Trinajstić information content (AvgIpc) is 3.29. The van der Waals surface area contributed by atoms with E-state index in [-0.39, 0.29) is 0 Å². The van der Waals surface area contributed by atoms with Crippen molar-refractivity contribution >= 4 is 23.2 Å². The molecule has 0 spiro atoms. The number of amides is 1. The van der Waals surface area contributed by atoms with E-state index in [1.807, 2.05) is 0 Å². The van der Waals surface area contributed by atoms with Crippen molar-refractivity contribution in [3.8, 4) is 5.75 Å². The maximum absolute atomic E-state index is 12.7. The zero-order valence-corrected chi connectivity index (χ0v) is 15.6. The van der Waals surface area contributed by atoms with Crippen molar-refractivity contribution in [2.45, 2.75) is 44.6 Å². The minimum Gasteiger partial charge on any atom is -0.497 e. The number of carboxylic acid groups (broad SMARTS) is 1. The zero-order valence-electron chi connectivity index (χ0n) is 14.8. The van der Waals surface area contributed by atoms with E-state index in [9.17, 15) is 14.7 Å². The molecule has 1 aromatic heterocycles. The molecule has 0 radical (unpaired) electrons. The van der Waals surface area contributed by atoms with Crippen LogP contribution in [-0.4, -0.2) is 29.1 Å². The molecule has 1 aliphatic rings. The number of nitrogens with zero attached hydrogens (tertiary/aromatic N) is 1. The second-order valence-corrected chi connectivity index (χ2v) is 7.50. The Bertz CT molecular complexity index is 794. The van der Waals surface area contributed by atoms with Crippen LogP contribution in [0.15, 0.2) is 24.3 Å². The fraction of sp³-hybridized carbons (Fsp3) is 0.421. The number of benzene rings is 1. The quantitative estimate of drug-likeness (QED) is 0.805. The largest absolute Gasteiger partial charge is 0.497 e. The Kier molecular flexibility index (Phi) is 5.56. The second-order valence-electron chi connectivity index (χ2n) is 6.47. The van der Waals surface area contributed by atoms with Crippen LogP contribution in [0.2, 0.25) is 0 Å². The maximum Gasteiger partial charge on any atom is 0.330 e. The number of carbonyl (C=O) groups is 2. The first-order chi connectivity index (χ1) is 12.5. The monoisotopic (exact) mass is 374 g/mol. The van der Waals surface area contributed by atoms with Crippen molar-refractivity contribution in [3.05, 3.63) is 45.4 Å². The summed E-state index contributed by atoms with van der Waals surface area (Å²) >= 11 is 1.38. The molecule has 1 heterocycles. The van der Waals surface area contributed by atoms with E-state index in [0.29, 0.717) is 27.8 Å². The van der Waals surface area contributed by atoms with Crippen LogP contribution in [0.3, 0.4) is 0 Å². The number of aryl methyl sites for hydroxylation is 1. The van der Waals surface area contributed by atoms with Crippen LogP contribution in [0.5, 0.6) is 5.75 Å². The van der Waals surface area contributed by atoms with Gasteiger partial charge in [0.15, 0.2) is 6.04 Å². The molecule has 7 heteroatoms. The summed E-state index contributed by atoms with van der Waals surface area (Å²) in [4.78, 5) is 29.4. The molecule has 26 heavy (non-hydrogen) atoms. The number of methoxy groups -OCH3 is 1. The molecule has 1 saturated carbocycles. The fourth-order valence-electron chi connectivity index (χ4n) is 3.26. The smallest absolute Gasteiger partial charge is 0.330 e. The van der Waals surface area contributed by atoms with Crippen molar-refractivity contribution in [1.29, 1.82) is 0 Å². The number of carbonyl (C=O) groups excluding carboxylic acids is 1. The number of carboxylic acids is 1. The third-order valence-corrected chi connectivity index (χ3v) is 6.01. The maximum atomic E-state index is 12.7. The van der Waals surface area contributed by atoms with Gasteiger partial charge < -0.3 is 15.2 Å².